The number of hydrogen-bond donors (Lipinski definition) is 0. The maximum Gasteiger partial charge on any atom is 0.200 e. The van der Waals surface area contributed by atoms with Gasteiger partial charge >= 0.3 is 0 Å². The lowest BCUT2D eigenvalue weighted by Crippen LogP contribution is -1.95. The summed E-state index contributed by atoms with van der Waals surface area (Å²) in [6.07, 6.45) is 7.06. The summed E-state index contributed by atoms with van der Waals surface area (Å²) >= 11 is 1.50. The summed E-state index contributed by atoms with van der Waals surface area (Å²) < 4.78 is 5.39. The highest BCUT2D eigenvalue weighted by molar-refractivity contribution is 8.04. The fourth-order valence-electron chi connectivity index (χ4n) is 2.11. The molecule has 0 saturated carbocycles. The van der Waals surface area contributed by atoms with Crippen LogP contribution in [-0.4, -0.2) is 12.4 Å². The zero-order valence-corrected chi connectivity index (χ0v) is 12.0. The number of thioether (sulfide) groups is 1. The van der Waals surface area contributed by atoms with Crippen molar-refractivity contribution >= 4 is 23.6 Å². The smallest absolute Gasteiger partial charge is 0.200 e. The molecule has 0 fully saturated rings. The van der Waals surface area contributed by atoms with Crippen molar-refractivity contribution in [2.45, 2.75) is 4.90 Å². The van der Waals surface area contributed by atoms with E-state index in [1.807, 2.05) is 54.6 Å². The number of carbonyl (C=O) groups is 1. The minimum atomic E-state index is 0.0746. The van der Waals surface area contributed by atoms with E-state index in [4.69, 9.17) is 11.2 Å². The van der Waals surface area contributed by atoms with Crippen LogP contribution in [0.2, 0.25) is 0 Å². The molecule has 0 atom stereocenters. The molecule has 0 N–H and O–H groups in total. The number of fused-ring (bicyclic) bond motifs is 1. The van der Waals surface area contributed by atoms with Crippen LogP contribution in [0.5, 0.6) is 5.75 Å². The number of ketones is 1. The van der Waals surface area contributed by atoms with Crippen LogP contribution in [0.15, 0.2) is 58.3 Å². The van der Waals surface area contributed by atoms with Crippen molar-refractivity contribution in [2.75, 3.05) is 6.61 Å². The van der Waals surface area contributed by atoms with Gasteiger partial charge in [-0.15, -0.1) is 6.42 Å². The molecule has 102 valence electrons. The molecule has 0 spiro atoms. The first-order valence-corrected chi connectivity index (χ1v) is 7.29. The topological polar surface area (TPSA) is 26.3 Å². The highest BCUT2D eigenvalue weighted by Crippen LogP contribution is 2.40. The van der Waals surface area contributed by atoms with Crippen LogP contribution in [0, 0.1) is 12.3 Å². The van der Waals surface area contributed by atoms with Crippen LogP contribution in [-0.2, 0) is 0 Å². The minimum absolute atomic E-state index is 0.0746. The molecule has 1 aliphatic rings. The number of Topliss-reactive ketones (excluding diaryl/α,β-unsaturated/α-hetero) is 1. The summed E-state index contributed by atoms with van der Waals surface area (Å²) in [4.78, 5) is 14.0. The molecule has 2 aromatic rings. The van der Waals surface area contributed by atoms with Crippen LogP contribution in [0.4, 0.5) is 0 Å². The van der Waals surface area contributed by atoms with Crippen molar-refractivity contribution in [3.05, 3.63) is 64.6 Å². The second kappa shape index (κ2) is 5.90. The zero-order valence-electron chi connectivity index (χ0n) is 11.2. The fourth-order valence-corrected chi connectivity index (χ4v) is 3.16. The van der Waals surface area contributed by atoms with Crippen molar-refractivity contribution in [1.82, 2.24) is 0 Å². The Morgan fingerprint density at radius 3 is 2.86 bits per heavy atom. The van der Waals surface area contributed by atoms with Crippen LogP contribution < -0.4 is 4.74 Å². The van der Waals surface area contributed by atoms with Crippen molar-refractivity contribution in [3.63, 3.8) is 0 Å². The lowest BCUT2D eigenvalue weighted by atomic mass is 10.1. The quantitative estimate of drug-likeness (QED) is 0.631. The summed E-state index contributed by atoms with van der Waals surface area (Å²) in [5.74, 6) is 3.21. The van der Waals surface area contributed by atoms with Gasteiger partial charge < -0.3 is 4.74 Å². The average Bonchev–Trinajstić information content (AvgIpc) is 2.82. The Labute approximate surface area is 127 Å². The number of carbonyl (C=O) groups excluding carboxylic acids is 1. The van der Waals surface area contributed by atoms with E-state index in [-0.39, 0.29) is 12.4 Å². The largest absolute Gasteiger partial charge is 0.481 e. The lowest BCUT2D eigenvalue weighted by Gasteiger charge is -2.03. The predicted octanol–water partition coefficient (Wildman–Crippen LogP) is 4.03. The van der Waals surface area contributed by atoms with Gasteiger partial charge in [0.15, 0.2) is 0 Å². The van der Waals surface area contributed by atoms with E-state index < -0.39 is 0 Å². The highest BCUT2D eigenvalue weighted by Gasteiger charge is 2.24. The van der Waals surface area contributed by atoms with Gasteiger partial charge in [-0.1, -0.05) is 41.9 Å². The second-order valence-corrected chi connectivity index (χ2v) is 5.59. The number of ether oxygens (including phenoxy) is 1. The third kappa shape index (κ3) is 2.86. The summed E-state index contributed by atoms with van der Waals surface area (Å²) in [5, 5.41) is 0. The van der Waals surface area contributed by atoms with E-state index in [0.29, 0.717) is 5.75 Å². The van der Waals surface area contributed by atoms with Gasteiger partial charge in [0.25, 0.3) is 0 Å². The Balaban J connectivity index is 1.87. The number of benzene rings is 2. The molecule has 0 saturated heterocycles. The number of allylic oxidation sites excluding steroid dienone is 1. The lowest BCUT2D eigenvalue weighted by molar-refractivity contribution is 0.104. The zero-order chi connectivity index (χ0) is 14.7. The van der Waals surface area contributed by atoms with Gasteiger partial charge in [0, 0.05) is 10.5 Å². The molecule has 0 aliphatic carbocycles. The van der Waals surface area contributed by atoms with Gasteiger partial charge in [0.05, 0.1) is 4.91 Å². The molecule has 0 aromatic heterocycles. The molecule has 0 unspecified atom stereocenters. The molecule has 3 rings (SSSR count). The first-order chi connectivity index (χ1) is 10.3. The molecule has 0 radical (unpaired) electrons. The summed E-state index contributed by atoms with van der Waals surface area (Å²) in [5.41, 5.74) is 1.70. The molecule has 3 heteroatoms. The Kier molecular flexibility index (Phi) is 3.81. The minimum Gasteiger partial charge on any atom is -0.481 e. The van der Waals surface area contributed by atoms with Crippen LogP contribution in [0.25, 0.3) is 6.08 Å². The maximum absolute atomic E-state index is 12.3. The number of hydrogen-bond acceptors (Lipinski definition) is 3. The molecule has 21 heavy (non-hydrogen) atoms. The summed E-state index contributed by atoms with van der Waals surface area (Å²) in [6, 6.07) is 15.2. The second-order valence-electron chi connectivity index (χ2n) is 4.50. The third-order valence-electron chi connectivity index (χ3n) is 3.05. The molecule has 1 heterocycles. The maximum atomic E-state index is 12.3. The van der Waals surface area contributed by atoms with Gasteiger partial charge in [-0.25, -0.2) is 0 Å². The van der Waals surface area contributed by atoms with E-state index >= 15 is 0 Å². The first kappa shape index (κ1) is 13.5. The summed E-state index contributed by atoms with van der Waals surface area (Å²) in [6.45, 7) is 0.235. The normalized spacial score (nSPS) is 14.8. The molecule has 2 nitrogen and oxygen atoms in total. The number of terminal acetylenes is 1. The fraction of sp³-hybridized carbons (Fsp3) is 0.0556. The van der Waals surface area contributed by atoms with Crippen molar-refractivity contribution in [1.29, 1.82) is 0 Å². The Morgan fingerprint density at radius 2 is 2.05 bits per heavy atom. The van der Waals surface area contributed by atoms with E-state index in [1.165, 1.54) is 11.8 Å². The Bertz CT molecular complexity index is 769. The SMILES string of the molecule is C#CCOc1cccc(/C=C2\Sc3ccccc3C2=O)c1. The van der Waals surface area contributed by atoms with Crippen LogP contribution >= 0.6 is 11.8 Å². The molecule has 0 amide bonds. The number of rotatable bonds is 3. The van der Waals surface area contributed by atoms with Gasteiger partial charge in [-0.3, -0.25) is 4.79 Å². The molecule has 0 bridgehead atoms. The Hall–Kier alpha value is -2.44. The van der Waals surface area contributed by atoms with Crippen molar-refractivity contribution in [3.8, 4) is 18.1 Å². The van der Waals surface area contributed by atoms with Gasteiger partial charge in [0.1, 0.15) is 12.4 Å². The Morgan fingerprint density at radius 1 is 1.19 bits per heavy atom. The van der Waals surface area contributed by atoms with Gasteiger partial charge in [-0.05, 0) is 35.9 Å². The van der Waals surface area contributed by atoms with Crippen molar-refractivity contribution in [2.24, 2.45) is 0 Å². The monoisotopic (exact) mass is 292 g/mol. The third-order valence-corrected chi connectivity index (χ3v) is 4.15. The highest BCUT2D eigenvalue weighted by atomic mass is 32.2. The van der Waals surface area contributed by atoms with Gasteiger partial charge in [0.2, 0.25) is 5.78 Å². The standard InChI is InChI=1S/C18H12O2S/c1-2-10-20-14-7-5-6-13(11-14)12-17-18(19)15-8-3-4-9-16(15)21-17/h1,3-9,11-12H,10H2/b17-12-. The average molecular weight is 292 g/mol. The van der Waals surface area contributed by atoms with E-state index in [9.17, 15) is 4.79 Å². The van der Waals surface area contributed by atoms with E-state index in [2.05, 4.69) is 5.92 Å². The van der Waals surface area contributed by atoms with Crippen LogP contribution in [0.1, 0.15) is 15.9 Å². The molecular formula is C18H12O2S. The first-order valence-electron chi connectivity index (χ1n) is 6.47. The van der Waals surface area contributed by atoms with E-state index in [1.54, 1.807) is 0 Å². The predicted molar refractivity (Wildman–Crippen MR) is 85.4 cm³/mol. The van der Waals surface area contributed by atoms with Crippen molar-refractivity contribution < 1.29 is 9.53 Å². The molecular weight excluding hydrogens is 280 g/mol. The molecule has 1 aliphatic heterocycles. The van der Waals surface area contributed by atoms with Crippen LogP contribution in [0.3, 0.4) is 0 Å². The van der Waals surface area contributed by atoms with Gasteiger partial charge in [-0.2, -0.15) is 0 Å². The van der Waals surface area contributed by atoms with E-state index in [0.717, 1.165) is 20.9 Å². The summed E-state index contributed by atoms with van der Waals surface area (Å²) in [7, 11) is 0. The molecule has 2 aromatic carbocycles.